The molecule has 0 aliphatic carbocycles. The number of nitrogens with zero attached hydrogens (tertiary/aromatic N) is 1. The highest BCUT2D eigenvalue weighted by Crippen LogP contribution is 2.20. The average Bonchev–Trinajstić information content (AvgIpc) is 2.90. The molecule has 0 aromatic heterocycles. The van der Waals surface area contributed by atoms with Crippen LogP contribution >= 0.6 is 0 Å². The van der Waals surface area contributed by atoms with Gasteiger partial charge in [-0.15, -0.1) is 0 Å². The second kappa shape index (κ2) is 7.46. The van der Waals surface area contributed by atoms with Crippen molar-refractivity contribution in [2.24, 2.45) is 0 Å². The van der Waals surface area contributed by atoms with Crippen molar-refractivity contribution >= 4 is 5.91 Å². The molecule has 0 spiro atoms. The van der Waals surface area contributed by atoms with Gasteiger partial charge in [0.15, 0.2) is 0 Å². The molecule has 2 rings (SSSR count). The second-order valence-electron chi connectivity index (χ2n) is 5.81. The van der Waals surface area contributed by atoms with Crippen molar-refractivity contribution < 1.29 is 9.53 Å². The molecule has 0 saturated carbocycles. The Kier molecular flexibility index (Phi) is 5.62. The number of rotatable bonds is 6. The lowest BCUT2D eigenvalue weighted by molar-refractivity contribution is -0.132. The van der Waals surface area contributed by atoms with Crippen molar-refractivity contribution in [1.82, 2.24) is 10.2 Å². The predicted octanol–water partition coefficient (Wildman–Crippen LogP) is 2.28. The Hall–Kier alpha value is -1.55. The predicted molar refractivity (Wildman–Crippen MR) is 84.7 cm³/mol. The van der Waals surface area contributed by atoms with Gasteiger partial charge in [0, 0.05) is 19.1 Å². The third-order valence-electron chi connectivity index (χ3n) is 4.04. The Bertz CT molecular complexity index is 488. The first-order chi connectivity index (χ1) is 10.1. The number of nitrogens with one attached hydrogen (secondary N) is 1. The van der Waals surface area contributed by atoms with Gasteiger partial charge < -0.3 is 15.0 Å². The monoisotopic (exact) mass is 290 g/mol. The van der Waals surface area contributed by atoms with Crippen LogP contribution in [0.4, 0.5) is 0 Å². The molecule has 1 aliphatic heterocycles. The van der Waals surface area contributed by atoms with Crippen molar-refractivity contribution in [3.63, 3.8) is 0 Å². The first kappa shape index (κ1) is 15.8. The summed E-state index contributed by atoms with van der Waals surface area (Å²) in [6.45, 7) is 6.31. The summed E-state index contributed by atoms with van der Waals surface area (Å²) in [4.78, 5) is 14.3. The van der Waals surface area contributed by atoms with E-state index in [2.05, 4.69) is 18.3 Å². The van der Waals surface area contributed by atoms with Crippen molar-refractivity contribution in [2.75, 3.05) is 26.7 Å². The summed E-state index contributed by atoms with van der Waals surface area (Å²) >= 11 is 0. The van der Waals surface area contributed by atoms with Crippen LogP contribution in [0.3, 0.4) is 0 Å². The number of likely N-dealkylation sites (N-methyl/N-ethyl adjacent to an activating group) is 1. The molecule has 1 aromatic rings. The number of likely N-dealkylation sites (tertiary alicyclic amines) is 1. The van der Waals surface area contributed by atoms with E-state index >= 15 is 0 Å². The average molecular weight is 290 g/mol. The third-order valence-corrected chi connectivity index (χ3v) is 4.04. The molecular formula is C17H26N2O2. The lowest BCUT2D eigenvalue weighted by Gasteiger charge is -2.24. The molecule has 1 amide bonds. The highest BCUT2D eigenvalue weighted by molar-refractivity contribution is 5.77. The molecule has 4 heteroatoms. The Morgan fingerprint density at radius 3 is 2.95 bits per heavy atom. The zero-order valence-electron chi connectivity index (χ0n) is 13.3. The smallest absolute Gasteiger partial charge is 0.226 e. The summed E-state index contributed by atoms with van der Waals surface area (Å²) in [7, 11) is 1.93. The van der Waals surface area contributed by atoms with E-state index in [1.54, 1.807) is 0 Å². The van der Waals surface area contributed by atoms with Gasteiger partial charge in [0.1, 0.15) is 5.75 Å². The molecule has 1 fully saturated rings. The van der Waals surface area contributed by atoms with Crippen molar-refractivity contribution in [2.45, 2.75) is 39.2 Å². The normalized spacial score (nSPS) is 18.0. The fourth-order valence-corrected chi connectivity index (χ4v) is 2.97. The summed E-state index contributed by atoms with van der Waals surface area (Å²) in [5.74, 6) is 1.08. The van der Waals surface area contributed by atoms with Gasteiger partial charge in [0.05, 0.1) is 13.0 Å². The minimum atomic E-state index is 0.206. The lowest BCUT2D eigenvalue weighted by Crippen LogP contribution is -2.41. The second-order valence-corrected chi connectivity index (χ2v) is 5.81. The molecule has 0 bridgehead atoms. The number of carbonyl (C=O) groups is 1. The maximum absolute atomic E-state index is 12.3. The maximum atomic E-state index is 12.3. The molecule has 1 heterocycles. The fourth-order valence-electron chi connectivity index (χ4n) is 2.97. The maximum Gasteiger partial charge on any atom is 0.226 e. The van der Waals surface area contributed by atoms with Crippen LogP contribution in [0.15, 0.2) is 18.2 Å². The Labute approximate surface area is 127 Å². The number of amides is 1. The summed E-state index contributed by atoms with van der Waals surface area (Å²) < 4.78 is 5.75. The lowest BCUT2D eigenvalue weighted by atomic mass is 10.1. The van der Waals surface area contributed by atoms with E-state index in [-0.39, 0.29) is 5.91 Å². The summed E-state index contributed by atoms with van der Waals surface area (Å²) in [6, 6.07) is 6.46. The first-order valence-corrected chi connectivity index (χ1v) is 7.76. The summed E-state index contributed by atoms with van der Waals surface area (Å²) in [6.07, 6.45) is 2.66. The molecule has 1 atom stereocenters. The Morgan fingerprint density at radius 1 is 1.43 bits per heavy atom. The van der Waals surface area contributed by atoms with Crippen LogP contribution in [-0.2, 0) is 4.79 Å². The van der Waals surface area contributed by atoms with Crippen molar-refractivity contribution in [1.29, 1.82) is 0 Å². The molecule has 4 nitrogen and oxygen atoms in total. The Balaban J connectivity index is 1.81. The number of aryl methyl sites for hydroxylation is 2. The zero-order chi connectivity index (χ0) is 15.2. The molecule has 116 valence electrons. The van der Waals surface area contributed by atoms with Crippen molar-refractivity contribution in [3.8, 4) is 5.75 Å². The van der Waals surface area contributed by atoms with Crippen LogP contribution in [0, 0.1) is 13.8 Å². The van der Waals surface area contributed by atoms with Crippen LogP contribution in [0.25, 0.3) is 0 Å². The van der Waals surface area contributed by atoms with Crippen molar-refractivity contribution in [3.05, 3.63) is 29.3 Å². The molecule has 0 unspecified atom stereocenters. The first-order valence-electron chi connectivity index (χ1n) is 7.76. The van der Waals surface area contributed by atoms with Crippen LogP contribution in [-0.4, -0.2) is 43.6 Å². The minimum absolute atomic E-state index is 0.206. The van der Waals surface area contributed by atoms with Gasteiger partial charge >= 0.3 is 0 Å². The molecule has 1 N–H and O–H groups in total. The van der Waals surface area contributed by atoms with Gasteiger partial charge in [-0.25, -0.2) is 0 Å². The highest BCUT2D eigenvalue weighted by Gasteiger charge is 2.27. The van der Waals surface area contributed by atoms with Crippen LogP contribution in [0.2, 0.25) is 0 Å². The summed E-state index contributed by atoms with van der Waals surface area (Å²) in [5.41, 5.74) is 2.35. The fraction of sp³-hybridized carbons (Fsp3) is 0.588. The summed E-state index contributed by atoms with van der Waals surface area (Å²) in [5, 5.41) is 3.16. The van der Waals surface area contributed by atoms with Gasteiger partial charge in [-0.05, 0) is 45.4 Å². The quantitative estimate of drug-likeness (QED) is 0.874. The largest absolute Gasteiger partial charge is 0.493 e. The number of hydrogen-bond acceptors (Lipinski definition) is 3. The SMILES string of the molecule is CNC[C@@H]1CCCN1C(=O)CCOc1ccc(C)cc1C. The van der Waals surface area contributed by atoms with Crippen LogP contribution < -0.4 is 10.1 Å². The standard InChI is InChI=1S/C17H26N2O2/c1-13-6-7-16(14(2)11-13)21-10-8-17(20)19-9-4-5-15(19)12-18-3/h6-7,11,15,18H,4-5,8-10,12H2,1-3H3/t15-/m0/s1. The van der Waals surface area contributed by atoms with Gasteiger partial charge in [-0.1, -0.05) is 17.7 Å². The highest BCUT2D eigenvalue weighted by atomic mass is 16.5. The molecule has 21 heavy (non-hydrogen) atoms. The number of benzene rings is 1. The van der Waals surface area contributed by atoms with Gasteiger partial charge in [-0.2, -0.15) is 0 Å². The van der Waals surface area contributed by atoms with Gasteiger partial charge in [0.2, 0.25) is 5.91 Å². The minimum Gasteiger partial charge on any atom is -0.493 e. The van der Waals surface area contributed by atoms with Gasteiger partial charge in [0.25, 0.3) is 0 Å². The van der Waals surface area contributed by atoms with E-state index < -0.39 is 0 Å². The van der Waals surface area contributed by atoms with E-state index in [9.17, 15) is 4.79 Å². The van der Waals surface area contributed by atoms with E-state index in [0.29, 0.717) is 19.1 Å². The van der Waals surface area contributed by atoms with E-state index in [0.717, 1.165) is 37.2 Å². The molecular weight excluding hydrogens is 264 g/mol. The number of ether oxygens (including phenoxy) is 1. The van der Waals surface area contributed by atoms with E-state index in [4.69, 9.17) is 4.74 Å². The Morgan fingerprint density at radius 2 is 2.24 bits per heavy atom. The number of carbonyl (C=O) groups excluding carboxylic acids is 1. The zero-order valence-corrected chi connectivity index (χ0v) is 13.3. The van der Waals surface area contributed by atoms with Gasteiger partial charge in [-0.3, -0.25) is 4.79 Å². The third kappa shape index (κ3) is 4.21. The van der Waals surface area contributed by atoms with Crippen LogP contribution in [0.5, 0.6) is 5.75 Å². The van der Waals surface area contributed by atoms with Crippen LogP contribution in [0.1, 0.15) is 30.4 Å². The van der Waals surface area contributed by atoms with E-state index in [1.807, 2.05) is 31.0 Å². The molecule has 1 aliphatic rings. The molecule has 0 radical (unpaired) electrons. The molecule has 1 saturated heterocycles. The van der Waals surface area contributed by atoms with E-state index in [1.165, 1.54) is 5.56 Å². The topological polar surface area (TPSA) is 41.6 Å². The molecule has 1 aromatic carbocycles. The number of hydrogen-bond donors (Lipinski definition) is 1.